The summed E-state index contributed by atoms with van der Waals surface area (Å²) in [6, 6.07) is 7.90. The lowest BCUT2D eigenvalue weighted by atomic mass is 10.2. The number of halogens is 3. The van der Waals surface area contributed by atoms with Gasteiger partial charge in [-0.15, -0.1) is 11.6 Å². The van der Waals surface area contributed by atoms with Gasteiger partial charge in [0.05, 0.1) is 24.3 Å². The Morgan fingerprint density at radius 3 is 2.77 bits per heavy atom. The normalized spacial score (nSPS) is 10.8. The number of nitrogens with zero attached hydrogens (tertiary/aromatic N) is 2. The highest BCUT2D eigenvalue weighted by Gasteiger charge is 2.10. The molecule has 0 amide bonds. The number of hydrogen-bond donors (Lipinski definition) is 1. The van der Waals surface area contributed by atoms with Crippen LogP contribution >= 0.6 is 23.2 Å². The quantitative estimate of drug-likeness (QED) is 0.441. The summed E-state index contributed by atoms with van der Waals surface area (Å²) in [5.41, 5.74) is 1.26. The van der Waals surface area contributed by atoms with Gasteiger partial charge in [-0.1, -0.05) is 11.6 Å². The second-order valence-corrected chi connectivity index (χ2v) is 6.19. The van der Waals surface area contributed by atoms with Gasteiger partial charge in [-0.3, -0.25) is 0 Å². The first-order chi connectivity index (χ1) is 12.6. The number of rotatable bonds is 7. The van der Waals surface area contributed by atoms with Crippen LogP contribution in [-0.4, -0.2) is 29.6 Å². The molecule has 5 nitrogen and oxygen atoms in total. The lowest BCUT2D eigenvalue weighted by molar-refractivity contribution is 0.295. The van der Waals surface area contributed by atoms with Gasteiger partial charge in [0, 0.05) is 29.2 Å². The van der Waals surface area contributed by atoms with Crippen molar-refractivity contribution in [2.45, 2.75) is 6.42 Å². The van der Waals surface area contributed by atoms with Crippen molar-refractivity contribution in [3.05, 3.63) is 47.4 Å². The Kier molecular flexibility index (Phi) is 5.96. The summed E-state index contributed by atoms with van der Waals surface area (Å²) >= 11 is 11.5. The molecular formula is C18H16Cl2FN3O2. The molecule has 0 radical (unpaired) electrons. The first-order valence-corrected chi connectivity index (χ1v) is 8.77. The molecule has 1 aromatic heterocycles. The molecule has 0 unspecified atom stereocenters. The van der Waals surface area contributed by atoms with E-state index >= 15 is 0 Å². The van der Waals surface area contributed by atoms with Crippen molar-refractivity contribution in [2.24, 2.45) is 0 Å². The summed E-state index contributed by atoms with van der Waals surface area (Å²) in [6.07, 6.45) is 2.41. The van der Waals surface area contributed by atoms with E-state index in [1.54, 1.807) is 25.4 Å². The molecule has 0 saturated carbocycles. The molecule has 1 heterocycles. The highest BCUT2D eigenvalue weighted by molar-refractivity contribution is 6.31. The lowest BCUT2D eigenvalue weighted by Crippen LogP contribution is -2.01. The van der Waals surface area contributed by atoms with Crippen LogP contribution in [-0.2, 0) is 0 Å². The molecule has 0 bridgehead atoms. The first kappa shape index (κ1) is 18.5. The highest BCUT2D eigenvalue weighted by atomic mass is 35.5. The Morgan fingerprint density at radius 1 is 1.19 bits per heavy atom. The zero-order chi connectivity index (χ0) is 18.5. The van der Waals surface area contributed by atoms with Crippen molar-refractivity contribution in [1.29, 1.82) is 0 Å². The van der Waals surface area contributed by atoms with Gasteiger partial charge in [-0.25, -0.2) is 14.4 Å². The maximum absolute atomic E-state index is 13.3. The summed E-state index contributed by atoms with van der Waals surface area (Å²) in [6.45, 7) is 0.497. The van der Waals surface area contributed by atoms with Crippen LogP contribution in [0.4, 0.5) is 16.0 Å². The third kappa shape index (κ3) is 4.26. The fraction of sp³-hybridized carbons (Fsp3) is 0.222. The van der Waals surface area contributed by atoms with Crippen LogP contribution in [0.15, 0.2) is 36.5 Å². The van der Waals surface area contributed by atoms with Crippen LogP contribution in [0.2, 0.25) is 5.02 Å². The standard InChI is InChI=1S/C18H16Cl2FN3O2/c1-25-16-9-15-11(7-17(16)26-6-2-5-19)10-22-18(24-15)23-12-3-4-14(21)13(20)8-12/h3-4,7-10H,2,5-6H2,1H3,(H,22,23,24). The Labute approximate surface area is 160 Å². The molecule has 0 spiro atoms. The average molecular weight is 396 g/mol. The van der Waals surface area contributed by atoms with Crippen molar-refractivity contribution < 1.29 is 13.9 Å². The van der Waals surface area contributed by atoms with Gasteiger partial charge >= 0.3 is 0 Å². The van der Waals surface area contributed by atoms with E-state index in [0.717, 1.165) is 11.8 Å². The second-order valence-electron chi connectivity index (χ2n) is 5.40. The van der Waals surface area contributed by atoms with E-state index in [-0.39, 0.29) is 5.02 Å². The Hall–Kier alpha value is -2.31. The number of alkyl halides is 1. The van der Waals surface area contributed by atoms with Crippen LogP contribution in [0.5, 0.6) is 11.5 Å². The molecule has 8 heteroatoms. The second kappa shape index (κ2) is 8.38. The molecule has 0 aliphatic carbocycles. The minimum absolute atomic E-state index is 0.0243. The topological polar surface area (TPSA) is 56.3 Å². The van der Waals surface area contributed by atoms with E-state index in [9.17, 15) is 4.39 Å². The number of hydrogen-bond acceptors (Lipinski definition) is 5. The fourth-order valence-corrected chi connectivity index (χ4v) is 2.60. The highest BCUT2D eigenvalue weighted by Crippen LogP contribution is 2.32. The number of nitrogens with one attached hydrogen (secondary N) is 1. The van der Waals surface area contributed by atoms with Crippen LogP contribution in [0, 0.1) is 5.82 Å². The lowest BCUT2D eigenvalue weighted by Gasteiger charge is -2.12. The van der Waals surface area contributed by atoms with E-state index in [4.69, 9.17) is 32.7 Å². The number of benzene rings is 2. The third-order valence-electron chi connectivity index (χ3n) is 3.58. The van der Waals surface area contributed by atoms with E-state index in [1.807, 2.05) is 6.07 Å². The molecular weight excluding hydrogens is 380 g/mol. The monoisotopic (exact) mass is 395 g/mol. The number of ether oxygens (including phenoxy) is 2. The van der Waals surface area contributed by atoms with Gasteiger partial charge in [0.15, 0.2) is 11.5 Å². The van der Waals surface area contributed by atoms with E-state index in [0.29, 0.717) is 41.1 Å². The summed E-state index contributed by atoms with van der Waals surface area (Å²) in [4.78, 5) is 8.72. The number of aromatic nitrogens is 2. The van der Waals surface area contributed by atoms with Crippen molar-refractivity contribution in [2.75, 3.05) is 24.9 Å². The minimum Gasteiger partial charge on any atom is -0.493 e. The maximum atomic E-state index is 13.3. The summed E-state index contributed by atoms with van der Waals surface area (Å²) in [5.74, 6) is 1.59. The third-order valence-corrected chi connectivity index (χ3v) is 4.13. The zero-order valence-corrected chi connectivity index (χ0v) is 15.4. The summed E-state index contributed by atoms with van der Waals surface area (Å²) in [7, 11) is 1.57. The predicted octanol–water partition coefficient (Wildman–Crippen LogP) is 5.18. The van der Waals surface area contributed by atoms with E-state index in [1.165, 1.54) is 12.1 Å². The molecule has 0 aliphatic rings. The summed E-state index contributed by atoms with van der Waals surface area (Å²) < 4.78 is 24.3. The predicted molar refractivity (Wildman–Crippen MR) is 102 cm³/mol. The van der Waals surface area contributed by atoms with Crippen LogP contribution < -0.4 is 14.8 Å². The van der Waals surface area contributed by atoms with Crippen LogP contribution in [0.25, 0.3) is 10.9 Å². The van der Waals surface area contributed by atoms with E-state index < -0.39 is 5.82 Å². The van der Waals surface area contributed by atoms with Crippen molar-refractivity contribution in [1.82, 2.24) is 9.97 Å². The summed E-state index contributed by atoms with van der Waals surface area (Å²) in [5, 5.41) is 3.82. The zero-order valence-electron chi connectivity index (χ0n) is 13.9. The molecule has 2 aromatic carbocycles. The van der Waals surface area contributed by atoms with Gasteiger partial charge in [0.25, 0.3) is 0 Å². The first-order valence-electron chi connectivity index (χ1n) is 7.86. The number of anilines is 2. The van der Waals surface area contributed by atoms with Gasteiger partial charge < -0.3 is 14.8 Å². The number of methoxy groups -OCH3 is 1. The van der Waals surface area contributed by atoms with E-state index in [2.05, 4.69) is 15.3 Å². The number of fused-ring (bicyclic) bond motifs is 1. The van der Waals surface area contributed by atoms with Crippen LogP contribution in [0.3, 0.4) is 0 Å². The average Bonchev–Trinajstić information content (AvgIpc) is 2.64. The van der Waals surface area contributed by atoms with Crippen molar-refractivity contribution >= 4 is 45.7 Å². The molecule has 26 heavy (non-hydrogen) atoms. The smallest absolute Gasteiger partial charge is 0.227 e. The maximum Gasteiger partial charge on any atom is 0.227 e. The molecule has 136 valence electrons. The molecule has 0 aliphatic heterocycles. The molecule has 0 saturated heterocycles. The Balaban J connectivity index is 1.87. The van der Waals surface area contributed by atoms with Crippen molar-refractivity contribution in [3.8, 4) is 11.5 Å². The Morgan fingerprint density at radius 2 is 2.04 bits per heavy atom. The molecule has 1 N–H and O–H groups in total. The van der Waals surface area contributed by atoms with Crippen molar-refractivity contribution in [3.63, 3.8) is 0 Å². The fourth-order valence-electron chi connectivity index (χ4n) is 2.31. The minimum atomic E-state index is -0.483. The van der Waals surface area contributed by atoms with Crippen LogP contribution in [0.1, 0.15) is 6.42 Å². The Bertz CT molecular complexity index is 924. The van der Waals surface area contributed by atoms with Gasteiger partial charge in [0.1, 0.15) is 5.82 Å². The van der Waals surface area contributed by atoms with Gasteiger partial charge in [-0.2, -0.15) is 0 Å². The molecule has 0 fully saturated rings. The van der Waals surface area contributed by atoms with Gasteiger partial charge in [-0.05, 0) is 30.7 Å². The molecule has 3 rings (SSSR count). The SMILES string of the molecule is COc1cc2nc(Nc3ccc(F)c(Cl)c3)ncc2cc1OCCCCl. The molecule has 3 aromatic rings. The largest absolute Gasteiger partial charge is 0.493 e. The molecule has 0 atom stereocenters. The van der Waals surface area contributed by atoms with Gasteiger partial charge in [0.2, 0.25) is 5.95 Å².